The Morgan fingerprint density at radius 1 is 1.18 bits per heavy atom. The second-order valence-corrected chi connectivity index (χ2v) is 6.32. The summed E-state index contributed by atoms with van der Waals surface area (Å²) >= 11 is 0. The van der Waals surface area contributed by atoms with Crippen molar-refractivity contribution in [1.82, 2.24) is 14.5 Å². The van der Waals surface area contributed by atoms with E-state index in [0.717, 1.165) is 23.3 Å². The number of aromatic nitrogens is 3. The Morgan fingerprint density at radius 3 is 2.71 bits per heavy atom. The number of hydrogen-bond donors (Lipinski definition) is 2. The molecule has 146 valence electrons. The van der Waals surface area contributed by atoms with E-state index >= 15 is 0 Å². The summed E-state index contributed by atoms with van der Waals surface area (Å²) in [4.78, 5) is 21.4. The zero-order valence-corrected chi connectivity index (χ0v) is 16.0. The smallest absolute Gasteiger partial charge is 0.255 e. The van der Waals surface area contributed by atoms with Crippen LogP contribution in [0, 0.1) is 0 Å². The first-order valence-electron chi connectivity index (χ1n) is 9.31. The molecule has 0 saturated carbocycles. The summed E-state index contributed by atoms with van der Waals surface area (Å²) in [6.07, 6.45) is 4.82. The van der Waals surface area contributed by atoms with E-state index in [-0.39, 0.29) is 5.56 Å². The number of nitrogens with one attached hydrogen (secondary N) is 1. The highest BCUT2D eigenvalue weighted by atomic mass is 16.5. The quantitative estimate of drug-likeness (QED) is 0.592. The van der Waals surface area contributed by atoms with E-state index in [4.69, 9.17) is 10.5 Å². The number of methoxy groups -OCH3 is 1. The minimum atomic E-state index is -0.102. The van der Waals surface area contributed by atoms with Crippen LogP contribution in [-0.4, -0.2) is 34.7 Å². The first-order valence-corrected chi connectivity index (χ1v) is 9.31. The lowest BCUT2D eigenvalue weighted by molar-refractivity contribution is 0.410. The minimum absolute atomic E-state index is 0.102. The predicted molar refractivity (Wildman–Crippen MR) is 111 cm³/mol. The van der Waals surface area contributed by atoms with Gasteiger partial charge in [0.15, 0.2) is 0 Å². The fourth-order valence-electron chi connectivity index (χ4n) is 3.00. The molecule has 0 aliphatic rings. The van der Waals surface area contributed by atoms with Gasteiger partial charge in [0.25, 0.3) is 5.56 Å². The lowest BCUT2D eigenvalue weighted by atomic mass is 10.1. The van der Waals surface area contributed by atoms with Crippen LogP contribution in [0.2, 0.25) is 0 Å². The standard InChI is InChI=1S/C21H25N5O2/c1-28-19-6-3-2-5-17(19)9-13-24-21-25-18(16-7-11-23-12-8-16)15-20(27)26(21)14-4-10-22/h2-3,5-8,11-12,15H,4,9-10,13-14,22H2,1H3,(H,24,25). The molecule has 0 saturated heterocycles. The van der Waals surface area contributed by atoms with Crippen LogP contribution in [0.1, 0.15) is 12.0 Å². The molecule has 0 fully saturated rings. The first kappa shape index (κ1) is 19.6. The van der Waals surface area contributed by atoms with Crippen molar-refractivity contribution in [2.45, 2.75) is 19.4 Å². The highest BCUT2D eigenvalue weighted by Crippen LogP contribution is 2.19. The van der Waals surface area contributed by atoms with Crippen LogP contribution in [0.4, 0.5) is 5.95 Å². The molecule has 0 radical (unpaired) electrons. The van der Waals surface area contributed by atoms with Gasteiger partial charge in [0.05, 0.1) is 12.8 Å². The predicted octanol–water partition coefficient (Wildman–Crippen LogP) is 2.32. The molecule has 0 spiro atoms. The number of nitrogens with two attached hydrogens (primary N) is 1. The Kier molecular flexibility index (Phi) is 6.75. The van der Waals surface area contributed by atoms with Crippen molar-refractivity contribution < 1.29 is 4.74 Å². The maximum Gasteiger partial charge on any atom is 0.255 e. The van der Waals surface area contributed by atoms with Crippen LogP contribution < -0.4 is 21.3 Å². The molecule has 0 amide bonds. The molecule has 0 atom stereocenters. The number of hydrogen-bond acceptors (Lipinski definition) is 6. The average molecular weight is 379 g/mol. The number of ether oxygens (including phenoxy) is 1. The largest absolute Gasteiger partial charge is 0.496 e. The Hall–Kier alpha value is -3.19. The van der Waals surface area contributed by atoms with Crippen LogP contribution in [0.3, 0.4) is 0 Å². The summed E-state index contributed by atoms with van der Waals surface area (Å²) < 4.78 is 7.04. The molecule has 2 aromatic heterocycles. The molecule has 7 nitrogen and oxygen atoms in total. The average Bonchev–Trinajstić information content (AvgIpc) is 2.74. The lowest BCUT2D eigenvalue weighted by Gasteiger charge is -2.15. The Bertz CT molecular complexity index is 957. The monoisotopic (exact) mass is 379 g/mol. The van der Waals surface area contributed by atoms with Crippen LogP contribution in [0.25, 0.3) is 11.3 Å². The molecule has 0 unspecified atom stereocenters. The molecule has 3 rings (SSSR count). The van der Waals surface area contributed by atoms with E-state index < -0.39 is 0 Å². The van der Waals surface area contributed by atoms with Gasteiger partial charge < -0.3 is 15.8 Å². The van der Waals surface area contributed by atoms with Gasteiger partial charge in [-0.3, -0.25) is 14.3 Å². The Labute approximate surface area is 164 Å². The second-order valence-electron chi connectivity index (χ2n) is 6.32. The minimum Gasteiger partial charge on any atom is -0.496 e. The van der Waals surface area contributed by atoms with E-state index in [0.29, 0.717) is 37.7 Å². The number of rotatable bonds is 9. The Balaban J connectivity index is 1.84. The van der Waals surface area contributed by atoms with Gasteiger partial charge in [0.1, 0.15) is 5.75 Å². The Morgan fingerprint density at radius 2 is 1.96 bits per heavy atom. The van der Waals surface area contributed by atoms with Crippen molar-refractivity contribution in [3.05, 3.63) is 70.8 Å². The van der Waals surface area contributed by atoms with Gasteiger partial charge in [-0.05, 0) is 43.1 Å². The fraction of sp³-hybridized carbons (Fsp3) is 0.286. The zero-order chi connectivity index (χ0) is 19.8. The maximum atomic E-state index is 12.7. The SMILES string of the molecule is COc1ccccc1CCNc1nc(-c2ccncc2)cc(=O)n1CCCN. The van der Waals surface area contributed by atoms with Crippen LogP contribution in [0.5, 0.6) is 5.75 Å². The van der Waals surface area contributed by atoms with E-state index in [2.05, 4.69) is 15.3 Å². The van der Waals surface area contributed by atoms with Gasteiger partial charge in [0, 0.05) is 37.1 Å². The third-order valence-corrected chi connectivity index (χ3v) is 4.44. The molecule has 3 N–H and O–H groups in total. The third kappa shape index (κ3) is 4.75. The van der Waals surface area contributed by atoms with Gasteiger partial charge in [-0.25, -0.2) is 4.98 Å². The molecule has 0 bridgehead atoms. The number of pyridine rings is 1. The molecular weight excluding hydrogens is 354 g/mol. The molecule has 0 aliphatic heterocycles. The van der Waals surface area contributed by atoms with Gasteiger partial charge in [-0.1, -0.05) is 18.2 Å². The molecule has 0 aliphatic carbocycles. The zero-order valence-electron chi connectivity index (χ0n) is 16.0. The lowest BCUT2D eigenvalue weighted by Crippen LogP contribution is -2.26. The van der Waals surface area contributed by atoms with Gasteiger partial charge in [-0.2, -0.15) is 0 Å². The fourth-order valence-corrected chi connectivity index (χ4v) is 3.00. The van der Waals surface area contributed by atoms with Crippen molar-refractivity contribution >= 4 is 5.95 Å². The summed E-state index contributed by atoms with van der Waals surface area (Å²) in [6.45, 7) is 1.66. The molecule has 1 aromatic carbocycles. The van der Waals surface area contributed by atoms with Crippen LogP contribution in [-0.2, 0) is 13.0 Å². The number of nitrogens with zero attached hydrogens (tertiary/aromatic N) is 3. The van der Waals surface area contributed by atoms with Crippen LogP contribution in [0.15, 0.2) is 59.7 Å². The third-order valence-electron chi connectivity index (χ3n) is 4.44. The molecule has 3 aromatic rings. The first-order chi connectivity index (χ1) is 13.7. The van der Waals surface area contributed by atoms with E-state index in [1.807, 2.05) is 36.4 Å². The summed E-state index contributed by atoms with van der Waals surface area (Å²) in [5, 5.41) is 3.31. The normalized spacial score (nSPS) is 10.6. The van der Waals surface area contributed by atoms with Crippen LogP contribution >= 0.6 is 0 Å². The highest BCUT2D eigenvalue weighted by molar-refractivity contribution is 5.59. The van der Waals surface area contributed by atoms with Crippen molar-refractivity contribution in [2.75, 3.05) is 25.5 Å². The van der Waals surface area contributed by atoms with Crippen molar-refractivity contribution in [3.8, 4) is 17.0 Å². The summed E-state index contributed by atoms with van der Waals surface area (Å²) in [5.41, 5.74) is 8.10. The number of para-hydroxylation sites is 1. The summed E-state index contributed by atoms with van der Waals surface area (Å²) in [5.74, 6) is 1.39. The second kappa shape index (κ2) is 9.66. The molecular formula is C21H25N5O2. The topological polar surface area (TPSA) is 95.1 Å². The highest BCUT2D eigenvalue weighted by Gasteiger charge is 2.10. The van der Waals surface area contributed by atoms with Crippen molar-refractivity contribution in [1.29, 1.82) is 0 Å². The summed E-state index contributed by atoms with van der Waals surface area (Å²) in [7, 11) is 1.66. The maximum absolute atomic E-state index is 12.7. The van der Waals surface area contributed by atoms with E-state index in [1.165, 1.54) is 0 Å². The molecule has 7 heteroatoms. The van der Waals surface area contributed by atoms with Gasteiger partial charge in [0.2, 0.25) is 5.95 Å². The van der Waals surface area contributed by atoms with Gasteiger partial charge >= 0.3 is 0 Å². The van der Waals surface area contributed by atoms with Crippen molar-refractivity contribution in [3.63, 3.8) is 0 Å². The number of anilines is 1. The molecule has 28 heavy (non-hydrogen) atoms. The van der Waals surface area contributed by atoms with Crippen molar-refractivity contribution in [2.24, 2.45) is 5.73 Å². The van der Waals surface area contributed by atoms with E-state index in [9.17, 15) is 4.79 Å². The summed E-state index contributed by atoms with van der Waals surface area (Å²) in [6, 6.07) is 13.1. The van der Waals surface area contributed by atoms with Gasteiger partial charge in [-0.15, -0.1) is 0 Å². The van der Waals surface area contributed by atoms with E-state index in [1.54, 1.807) is 30.1 Å². The number of benzene rings is 1. The molecule has 2 heterocycles.